The van der Waals surface area contributed by atoms with Gasteiger partial charge in [0.2, 0.25) is 15.9 Å². The lowest BCUT2D eigenvalue weighted by Gasteiger charge is -2.34. The smallest absolute Gasteiger partial charge is 0.243 e. The van der Waals surface area contributed by atoms with Crippen LogP contribution in [0.4, 0.5) is 0 Å². The van der Waals surface area contributed by atoms with Crippen LogP contribution in [0.25, 0.3) is 0 Å². The fourth-order valence-electron chi connectivity index (χ4n) is 3.49. The van der Waals surface area contributed by atoms with Crippen molar-refractivity contribution in [1.82, 2.24) is 9.62 Å². The van der Waals surface area contributed by atoms with Crippen LogP contribution in [0.15, 0.2) is 29.2 Å². The molecule has 6 nitrogen and oxygen atoms in total. The number of rotatable bonds is 6. The minimum Gasteiger partial charge on any atom is -0.352 e. The molecule has 2 aliphatic rings. The van der Waals surface area contributed by atoms with Crippen molar-refractivity contribution in [3.63, 3.8) is 0 Å². The summed E-state index contributed by atoms with van der Waals surface area (Å²) >= 11 is 0. The molecule has 142 valence electrons. The number of hydrogen-bond acceptors (Lipinski definition) is 4. The van der Waals surface area contributed by atoms with E-state index in [1.54, 1.807) is 0 Å². The normalized spacial score (nSPS) is 22.6. The van der Waals surface area contributed by atoms with Gasteiger partial charge >= 0.3 is 0 Å². The standard InChI is InChI=1S/C19H26N2O4S/c1-13(15-6-7-15)20-19(23)18-5-3-4-12-21(18)26(24,25)17-10-8-16(9-11-17)14(2)22/h8-11,13,15,18H,3-7,12H2,1-2H3,(H,20,23)/t13-,18+/m1/s1. The molecular weight excluding hydrogens is 352 g/mol. The molecule has 0 radical (unpaired) electrons. The monoisotopic (exact) mass is 378 g/mol. The maximum atomic E-state index is 13.1. The predicted molar refractivity (Wildman–Crippen MR) is 98.3 cm³/mol. The largest absolute Gasteiger partial charge is 0.352 e. The van der Waals surface area contributed by atoms with Crippen molar-refractivity contribution < 1.29 is 18.0 Å². The highest BCUT2D eigenvalue weighted by atomic mass is 32.2. The number of sulfonamides is 1. The number of carbonyl (C=O) groups excluding carboxylic acids is 2. The van der Waals surface area contributed by atoms with Crippen LogP contribution >= 0.6 is 0 Å². The van der Waals surface area contributed by atoms with E-state index in [0.29, 0.717) is 24.4 Å². The maximum Gasteiger partial charge on any atom is 0.243 e. The van der Waals surface area contributed by atoms with Gasteiger partial charge in [-0.15, -0.1) is 0 Å². The zero-order valence-corrected chi connectivity index (χ0v) is 16.1. The molecule has 1 saturated heterocycles. The molecule has 0 aromatic heterocycles. The molecule has 1 aromatic carbocycles. The Morgan fingerprint density at radius 1 is 1.12 bits per heavy atom. The molecular formula is C19H26N2O4S. The topological polar surface area (TPSA) is 83.6 Å². The SMILES string of the molecule is CC(=O)c1ccc(S(=O)(=O)N2CCCC[C@H]2C(=O)N[C@H](C)C2CC2)cc1. The number of ketones is 1. The number of hydrogen-bond donors (Lipinski definition) is 1. The van der Waals surface area contributed by atoms with Crippen molar-refractivity contribution in [3.8, 4) is 0 Å². The molecule has 2 atom stereocenters. The van der Waals surface area contributed by atoms with E-state index in [9.17, 15) is 18.0 Å². The lowest BCUT2D eigenvalue weighted by atomic mass is 10.0. The molecule has 1 aliphatic heterocycles. The van der Waals surface area contributed by atoms with E-state index in [-0.39, 0.29) is 22.6 Å². The summed E-state index contributed by atoms with van der Waals surface area (Å²) in [4.78, 5) is 24.2. The lowest BCUT2D eigenvalue weighted by molar-refractivity contribution is -0.126. The van der Waals surface area contributed by atoms with Crippen molar-refractivity contribution in [2.45, 2.75) is 62.9 Å². The Morgan fingerprint density at radius 3 is 2.35 bits per heavy atom. The molecule has 26 heavy (non-hydrogen) atoms. The minimum absolute atomic E-state index is 0.0869. The summed E-state index contributed by atoms with van der Waals surface area (Å²) in [5.41, 5.74) is 0.468. The summed E-state index contributed by atoms with van der Waals surface area (Å²) < 4.78 is 27.5. The molecule has 1 aliphatic carbocycles. The third kappa shape index (κ3) is 3.99. The molecule has 7 heteroatoms. The van der Waals surface area contributed by atoms with Crippen LogP contribution in [0.1, 0.15) is 56.3 Å². The van der Waals surface area contributed by atoms with E-state index in [4.69, 9.17) is 0 Å². The van der Waals surface area contributed by atoms with Crippen LogP contribution in [0.5, 0.6) is 0 Å². The van der Waals surface area contributed by atoms with E-state index in [0.717, 1.165) is 25.7 Å². The second-order valence-corrected chi connectivity index (χ2v) is 9.23. The van der Waals surface area contributed by atoms with Gasteiger partial charge in [0.25, 0.3) is 0 Å². The highest BCUT2D eigenvalue weighted by Crippen LogP contribution is 2.33. The minimum atomic E-state index is -3.78. The Morgan fingerprint density at radius 2 is 1.77 bits per heavy atom. The van der Waals surface area contributed by atoms with Gasteiger partial charge in [-0.2, -0.15) is 4.31 Å². The number of amides is 1. The number of carbonyl (C=O) groups is 2. The fourth-order valence-corrected chi connectivity index (χ4v) is 5.14. The lowest BCUT2D eigenvalue weighted by Crippen LogP contribution is -2.53. The van der Waals surface area contributed by atoms with Gasteiger partial charge < -0.3 is 5.32 Å². The van der Waals surface area contributed by atoms with Gasteiger partial charge in [0.15, 0.2) is 5.78 Å². The highest BCUT2D eigenvalue weighted by molar-refractivity contribution is 7.89. The van der Waals surface area contributed by atoms with Gasteiger partial charge in [0.1, 0.15) is 6.04 Å². The molecule has 0 unspecified atom stereocenters. The van der Waals surface area contributed by atoms with Gasteiger partial charge in [-0.3, -0.25) is 9.59 Å². The molecule has 1 heterocycles. The Kier molecular flexibility index (Phi) is 5.48. The molecule has 1 aromatic rings. The number of Topliss-reactive ketones (excluding diaryl/α,β-unsaturated/α-hetero) is 1. The summed E-state index contributed by atoms with van der Waals surface area (Å²) in [5.74, 6) is 0.206. The quantitative estimate of drug-likeness (QED) is 0.770. The number of benzene rings is 1. The first-order valence-corrected chi connectivity index (χ1v) is 10.7. The van der Waals surface area contributed by atoms with Gasteiger partial charge in [0.05, 0.1) is 4.90 Å². The second kappa shape index (κ2) is 7.48. The first-order chi connectivity index (χ1) is 12.3. The molecule has 0 bridgehead atoms. The number of nitrogens with zero attached hydrogens (tertiary/aromatic N) is 1. The third-order valence-corrected chi connectivity index (χ3v) is 7.25. The zero-order chi connectivity index (χ0) is 18.9. The van der Waals surface area contributed by atoms with Gasteiger partial charge in [-0.05, 0) is 57.6 Å². The summed E-state index contributed by atoms with van der Waals surface area (Å²) in [6.45, 7) is 3.76. The van der Waals surface area contributed by atoms with E-state index in [1.807, 2.05) is 6.92 Å². The van der Waals surface area contributed by atoms with Crippen molar-refractivity contribution in [2.24, 2.45) is 5.92 Å². The van der Waals surface area contributed by atoms with Crippen molar-refractivity contribution in [2.75, 3.05) is 6.54 Å². The number of nitrogens with one attached hydrogen (secondary N) is 1. The van der Waals surface area contributed by atoms with Crippen LogP contribution in [-0.4, -0.2) is 43.0 Å². The maximum absolute atomic E-state index is 13.1. The first kappa shape index (κ1) is 19.0. The van der Waals surface area contributed by atoms with Crippen LogP contribution in [0, 0.1) is 5.92 Å². The summed E-state index contributed by atoms with van der Waals surface area (Å²) in [6.07, 6.45) is 4.36. The van der Waals surface area contributed by atoms with Crippen molar-refractivity contribution in [1.29, 1.82) is 0 Å². The summed E-state index contributed by atoms with van der Waals surface area (Å²) in [6, 6.07) is 5.35. The van der Waals surface area contributed by atoms with Gasteiger partial charge in [0, 0.05) is 18.2 Å². The van der Waals surface area contributed by atoms with E-state index in [1.165, 1.54) is 35.5 Å². The highest BCUT2D eigenvalue weighted by Gasteiger charge is 2.39. The van der Waals surface area contributed by atoms with Crippen molar-refractivity contribution >= 4 is 21.7 Å². The van der Waals surface area contributed by atoms with Crippen LogP contribution < -0.4 is 5.32 Å². The van der Waals surface area contributed by atoms with Crippen molar-refractivity contribution in [3.05, 3.63) is 29.8 Å². The zero-order valence-electron chi connectivity index (χ0n) is 15.3. The average Bonchev–Trinajstić information content (AvgIpc) is 3.47. The first-order valence-electron chi connectivity index (χ1n) is 9.24. The molecule has 1 N–H and O–H groups in total. The van der Waals surface area contributed by atoms with E-state index < -0.39 is 16.1 Å². The number of piperidine rings is 1. The van der Waals surface area contributed by atoms with Gasteiger partial charge in [-0.25, -0.2) is 8.42 Å². The molecule has 3 rings (SSSR count). The Balaban J connectivity index is 1.80. The fraction of sp³-hybridized carbons (Fsp3) is 0.579. The molecule has 1 saturated carbocycles. The van der Waals surface area contributed by atoms with E-state index in [2.05, 4.69) is 5.32 Å². The Labute approximate surface area is 155 Å². The van der Waals surface area contributed by atoms with E-state index >= 15 is 0 Å². The van der Waals surface area contributed by atoms with Crippen LogP contribution in [-0.2, 0) is 14.8 Å². The van der Waals surface area contributed by atoms with Crippen LogP contribution in [0.3, 0.4) is 0 Å². The molecule has 2 fully saturated rings. The average molecular weight is 378 g/mol. The molecule has 1 amide bonds. The summed E-state index contributed by atoms with van der Waals surface area (Å²) in [7, 11) is -3.78. The van der Waals surface area contributed by atoms with Crippen LogP contribution in [0.2, 0.25) is 0 Å². The Bertz CT molecular complexity index is 784. The second-order valence-electron chi connectivity index (χ2n) is 7.34. The summed E-state index contributed by atoms with van der Waals surface area (Å²) in [5, 5.41) is 3.00. The van der Waals surface area contributed by atoms with Gasteiger partial charge in [-0.1, -0.05) is 18.6 Å². The Hall–Kier alpha value is -1.73. The predicted octanol–water partition coefficient (Wildman–Crippen LogP) is 2.35. The third-order valence-electron chi connectivity index (χ3n) is 5.32. The molecule has 0 spiro atoms.